The zero-order valence-corrected chi connectivity index (χ0v) is 6.00. The van der Waals surface area contributed by atoms with Gasteiger partial charge in [-0.15, -0.1) is 0 Å². The van der Waals surface area contributed by atoms with Crippen LogP contribution in [0.4, 0.5) is 4.39 Å². The maximum Gasteiger partial charge on any atom is 0.309 e. The fourth-order valence-corrected chi connectivity index (χ4v) is 2.91. The smallest absolute Gasteiger partial charge is 0.309 e. The van der Waals surface area contributed by atoms with Crippen LogP contribution in [0.2, 0.25) is 0 Å². The maximum atomic E-state index is 13.3. The lowest BCUT2D eigenvalue weighted by atomic mass is 9.90. The lowest BCUT2D eigenvalue weighted by molar-refractivity contribution is -0.143. The van der Waals surface area contributed by atoms with E-state index in [1.807, 2.05) is 0 Å². The molecule has 3 fully saturated rings. The summed E-state index contributed by atoms with van der Waals surface area (Å²) in [6.07, 6.45) is 0.688. The Bertz CT molecular complexity index is 228. The van der Waals surface area contributed by atoms with Crippen molar-refractivity contribution in [1.29, 1.82) is 0 Å². The van der Waals surface area contributed by atoms with E-state index in [9.17, 15) is 9.18 Å². The average Bonchev–Trinajstić information content (AvgIpc) is 2.47. The molecule has 1 aliphatic heterocycles. The first-order valence-electron chi connectivity index (χ1n) is 4.12. The van der Waals surface area contributed by atoms with Crippen LogP contribution in [-0.2, 0) is 9.53 Å². The molecule has 2 bridgehead atoms. The number of rotatable bonds is 0. The zero-order chi connectivity index (χ0) is 7.59. The zero-order valence-electron chi connectivity index (χ0n) is 6.00. The van der Waals surface area contributed by atoms with E-state index in [2.05, 4.69) is 0 Å². The van der Waals surface area contributed by atoms with Crippen LogP contribution in [0.3, 0.4) is 0 Å². The third-order valence-electron chi connectivity index (χ3n) is 3.37. The Morgan fingerprint density at radius 3 is 2.82 bits per heavy atom. The SMILES string of the molecule is O=C1O[C@@H]2C[C@H]3C[C@H]1[C@H]2[C@@H]3F. The van der Waals surface area contributed by atoms with Crippen LogP contribution < -0.4 is 0 Å². The van der Waals surface area contributed by atoms with Gasteiger partial charge < -0.3 is 4.74 Å². The highest BCUT2D eigenvalue weighted by atomic mass is 19.1. The second-order valence-electron chi connectivity index (χ2n) is 3.84. The van der Waals surface area contributed by atoms with Crippen LogP contribution in [0.1, 0.15) is 12.8 Å². The van der Waals surface area contributed by atoms with Gasteiger partial charge in [-0.25, -0.2) is 4.39 Å². The molecular formula is C8H9FO2. The second kappa shape index (κ2) is 1.59. The molecule has 0 amide bonds. The first-order chi connectivity index (χ1) is 5.27. The fourth-order valence-electron chi connectivity index (χ4n) is 2.91. The topological polar surface area (TPSA) is 26.3 Å². The Balaban J connectivity index is 2.05. The molecule has 1 heterocycles. The third-order valence-corrected chi connectivity index (χ3v) is 3.37. The van der Waals surface area contributed by atoms with Gasteiger partial charge in [0.1, 0.15) is 12.3 Å². The minimum absolute atomic E-state index is 0.0683. The van der Waals surface area contributed by atoms with Crippen molar-refractivity contribution in [1.82, 2.24) is 0 Å². The summed E-state index contributed by atoms with van der Waals surface area (Å²) in [5.74, 6) is -0.189. The molecule has 0 unspecified atom stereocenters. The predicted molar refractivity (Wildman–Crippen MR) is 34.5 cm³/mol. The molecule has 0 aromatic heterocycles. The van der Waals surface area contributed by atoms with Crippen molar-refractivity contribution >= 4 is 5.97 Å². The molecule has 3 aliphatic rings. The van der Waals surface area contributed by atoms with Crippen LogP contribution in [0, 0.1) is 17.8 Å². The number of hydrogen-bond donors (Lipinski definition) is 0. The quantitative estimate of drug-likeness (QED) is 0.487. The van der Waals surface area contributed by atoms with E-state index in [0.717, 1.165) is 12.8 Å². The van der Waals surface area contributed by atoms with Crippen LogP contribution in [0.15, 0.2) is 0 Å². The molecule has 3 rings (SSSR count). The first kappa shape index (κ1) is 5.98. The molecule has 0 aromatic rings. The standard InChI is InChI=1S/C8H9FO2/c9-7-3-1-4-6(7)5(2-3)11-8(4)10/h3-7H,1-2H2/t3-,4+,5-,6-,7-/m1/s1. The van der Waals surface area contributed by atoms with Crippen LogP contribution in [0.5, 0.6) is 0 Å². The van der Waals surface area contributed by atoms with Gasteiger partial charge in [-0.3, -0.25) is 4.79 Å². The summed E-state index contributed by atoms with van der Waals surface area (Å²) in [6.45, 7) is 0. The highest BCUT2D eigenvalue weighted by Gasteiger charge is 2.62. The highest BCUT2D eigenvalue weighted by Crippen LogP contribution is 2.55. The van der Waals surface area contributed by atoms with Gasteiger partial charge in [-0.05, 0) is 18.8 Å². The molecule has 2 nitrogen and oxygen atoms in total. The number of carbonyl (C=O) groups is 1. The van der Waals surface area contributed by atoms with E-state index < -0.39 is 6.17 Å². The normalized spacial score (nSPS) is 58.6. The van der Waals surface area contributed by atoms with Gasteiger partial charge in [0.05, 0.1) is 5.92 Å². The minimum atomic E-state index is -0.753. The number of alkyl halides is 1. The van der Waals surface area contributed by atoms with Crippen molar-refractivity contribution in [2.45, 2.75) is 25.1 Å². The molecule has 0 aromatic carbocycles. The first-order valence-corrected chi connectivity index (χ1v) is 4.12. The summed E-state index contributed by atoms with van der Waals surface area (Å²) < 4.78 is 18.3. The summed E-state index contributed by atoms with van der Waals surface area (Å²) in [4.78, 5) is 11.0. The third kappa shape index (κ3) is 0.522. The van der Waals surface area contributed by atoms with Gasteiger partial charge in [0.15, 0.2) is 0 Å². The summed E-state index contributed by atoms with van der Waals surface area (Å²) >= 11 is 0. The van der Waals surface area contributed by atoms with Crippen molar-refractivity contribution in [3.05, 3.63) is 0 Å². The molecule has 0 radical (unpaired) electrons. The lowest BCUT2D eigenvalue weighted by Crippen LogP contribution is -2.18. The number of carbonyl (C=O) groups excluding carboxylic acids is 1. The molecule has 1 saturated heterocycles. The Kier molecular flexibility index (Phi) is 0.866. The Morgan fingerprint density at radius 2 is 2.27 bits per heavy atom. The summed E-state index contributed by atoms with van der Waals surface area (Å²) in [7, 11) is 0. The van der Waals surface area contributed by atoms with Crippen LogP contribution in [-0.4, -0.2) is 18.2 Å². The number of esters is 1. The molecule has 0 spiro atoms. The average molecular weight is 156 g/mol. The van der Waals surface area contributed by atoms with Crippen molar-refractivity contribution in [3.63, 3.8) is 0 Å². The number of hydrogen-bond acceptors (Lipinski definition) is 2. The van der Waals surface area contributed by atoms with E-state index in [4.69, 9.17) is 4.74 Å². The van der Waals surface area contributed by atoms with Gasteiger partial charge in [0.2, 0.25) is 0 Å². The van der Waals surface area contributed by atoms with E-state index in [-0.39, 0.29) is 29.8 Å². The lowest BCUT2D eigenvalue weighted by Gasteiger charge is -2.10. The maximum absolute atomic E-state index is 13.3. The highest BCUT2D eigenvalue weighted by molar-refractivity contribution is 5.76. The Morgan fingerprint density at radius 1 is 1.45 bits per heavy atom. The molecule has 0 N–H and O–H groups in total. The largest absolute Gasteiger partial charge is 0.462 e. The number of fused-ring (bicyclic) bond motifs is 1. The van der Waals surface area contributed by atoms with Crippen molar-refractivity contribution in [2.24, 2.45) is 17.8 Å². The van der Waals surface area contributed by atoms with Crippen molar-refractivity contribution in [2.75, 3.05) is 0 Å². The van der Waals surface area contributed by atoms with Gasteiger partial charge in [-0.1, -0.05) is 0 Å². The predicted octanol–water partition coefficient (Wildman–Crippen LogP) is 0.906. The summed E-state index contributed by atoms with van der Waals surface area (Å²) in [6, 6.07) is 0. The summed E-state index contributed by atoms with van der Waals surface area (Å²) in [5, 5.41) is 0. The fraction of sp³-hybridized carbons (Fsp3) is 0.875. The Labute approximate surface area is 63.7 Å². The molecule has 5 atom stereocenters. The van der Waals surface area contributed by atoms with E-state index >= 15 is 0 Å². The van der Waals surface area contributed by atoms with Gasteiger partial charge in [-0.2, -0.15) is 0 Å². The van der Waals surface area contributed by atoms with E-state index in [1.54, 1.807) is 0 Å². The molecular weight excluding hydrogens is 147 g/mol. The van der Waals surface area contributed by atoms with Gasteiger partial charge in [0.25, 0.3) is 0 Å². The molecule has 2 saturated carbocycles. The minimum Gasteiger partial charge on any atom is -0.462 e. The van der Waals surface area contributed by atoms with Gasteiger partial charge in [0, 0.05) is 5.92 Å². The van der Waals surface area contributed by atoms with Crippen LogP contribution >= 0.6 is 0 Å². The van der Waals surface area contributed by atoms with Crippen molar-refractivity contribution in [3.8, 4) is 0 Å². The Hall–Kier alpha value is -0.600. The molecule has 11 heavy (non-hydrogen) atoms. The molecule has 3 heteroatoms. The summed E-state index contributed by atoms with van der Waals surface area (Å²) in [5.41, 5.74) is 0. The van der Waals surface area contributed by atoms with Gasteiger partial charge >= 0.3 is 5.97 Å². The number of ether oxygens (including phenoxy) is 1. The van der Waals surface area contributed by atoms with E-state index in [0.29, 0.717) is 0 Å². The van der Waals surface area contributed by atoms with Crippen LogP contribution in [0.25, 0.3) is 0 Å². The second-order valence-corrected chi connectivity index (χ2v) is 3.84. The molecule has 60 valence electrons. The molecule has 2 aliphatic carbocycles. The van der Waals surface area contributed by atoms with Crippen molar-refractivity contribution < 1.29 is 13.9 Å². The monoisotopic (exact) mass is 156 g/mol. The van der Waals surface area contributed by atoms with E-state index in [1.165, 1.54) is 0 Å². The number of halogens is 1.